The molecule has 12 heteroatoms. The van der Waals surface area contributed by atoms with Crippen molar-refractivity contribution in [3.05, 3.63) is 64.7 Å². The Labute approximate surface area is 242 Å². The van der Waals surface area contributed by atoms with Crippen molar-refractivity contribution in [3.63, 3.8) is 0 Å². The number of carbonyl (C=O) groups is 5. The van der Waals surface area contributed by atoms with Gasteiger partial charge in [-0.3, -0.25) is 29.0 Å². The average molecular weight is 579 g/mol. The molecule has 42 heavy (non-hydrogen) atoms. The maximum absolute atomic E-state index is 13.8. The van der Waals surface area contributed by atoms with Gasteiger partial charge in [-0.05, 0) is 61.9 Å². The second-order valence-corrected chi connectivity index (χ2v) is 10.9. The molecule has 0 bridgehead atoms. The maximum Gasteiger partial charge on any atom is 0.310 e. The molecule has 3 heterocycles. The Kier molecular flexibility index (Phi) is 8.44. The highest BCUT2D eigenvalue weighted by Gasteiger charge is 2.46. The zero-order valence-electron chi connectivity index (χ0n) is 23.5. The van der Waals surface area contributed by atoms with E-state index >= 15 is 0 Å². The van der Waals surface area contributed by atoms with Gasteiger partial charge < -0.3 is 25.2 Å². The molecule has 3 aliphatic heterocycles. The van der Waals surface area contributed by atoms with E-state index in [1.54, 1.807) is 13.8 Å². The van der Waals surface area contributed by atoms with Crippen LogP contribution in [0.1, 0.15) is 59.2 Å². The van der Waals surface area contributed by atoms with Crippen molar-refractivity contribution < 1.29 is 38.6 Å². The number of phenolic OH excluding ortho intramolecular Hbond substituents is 1. The number of phenols is 1. The fourth-order valence-electron chi connectivity index (χ4n) is 5.57. The van der Waals surface area contributed by atoms with E-state index < -0.39 is 48.1 Å². The first-order valence-corrected chi connectivity index (χ1v) is 14.0. The van der Waals surface area contributed by atoms with Crippen molar-refractivity contribution >= 4 is 29.6 Å². The standard InChI is InChI=1S/C30H34N4O8/c1-17-13-20(14-18(2)26(17)37)27(38)31-21-10-11-24(35)33-12-6-9-23(34(33)29(21)40)28(39)32-22-15-25(36)42-30(22)41-16-19-7-4-3-5-8-19/h3-5,7-8,13-14,21-23,30,37H,6,9-12,15-16H2,1-2H3,(H,31,38)(H,32,39)/t21-,22-,23-,30+/m0/s1. The summed E-state index contributed by atoms with van der Waals surface area (Å²) in [5.74, 6) is -2.41. The number of nitrogens with zero attached hydrogens (tertiary/aromatic N) is 2. The number of hydrazine groups is 1. The summed E-state index contributed by atoms with van der Waals surface area (Å²) in [4.78, 5) is 65.6. The first-order chi connectivity index (χ1) is 20.1. The van der Waals surface area contributed by atoms with Gasteiger partial charge in [0.1, 0.15) is 23.9 Å². The Bertz CT molecular complexity index is 1370. The van der Waals surface area contributed by atoms with Gasteiger partial charge >= 0.3 is 5.97 Å². The van der Waals surface area contributed by atoms with Crippen molar-refractivity contribution in [1.29, 1.82) is 0 Å². The number of hydrogen-bond acceptors (Lipinski definition) is 8. The molecule has 12 nitrogen and oxygen atoms in total. The number of aromatic hydroxyl groups is 1. The van der Waals surface area contributed by atoms with Crippen molar-refractivity contribution in [2.75, 3.05) is 6.54 Å². The minimum absolute atomic E-state index is 0.00945. The van der Waals surface area contributed by atoms with Crippen molar-refractivity contribution in [2.45, 2.75) is 77.0 Å². The monoisotopic (exact) mass is 578 g/mol. The van der Waals surface area contributed by atoms with E-state index in [0.29, 0.717) is 17.5 Å². The second kappa shape index (κ2) is 12.2. The number of fused-ring (bicyclic) bond motifs is 1. The number of carbonyl (C=O) groups excluding carboxylic acids is 5. The van der Waals surface area contributed by atoms with Gasteiger partial charge in [-0.1, -0.05) is 30.3 Å². The van der Waals surface area contributed by atoms with Crippen LogP contribution in [0.4, 0.5) is 0 Å². The lowest BCUT2D eigenvalue weighted by Gasteiger charge is -2.43. The first kappa shape index (κ1) is 29.1. The van der Waals surface area contributed by atoms with Crippen LogP contribution in [-0.4, -0.2) is 75.7 Å². The molecular weight excluding hydrogens is 544 g/mol. The van der Waals surface area contributed by atoms with E-state index in [4.69, 9.17) is 9.47 Å². The van der Waals surface area contributed by atoms with Gasteiger partial charge in [0.2, 0.25) is 18.1 Å². The van der Waals surface area contributed by atoms with Crippen LogP contribution < -0.4 is 10.6 Å². The molecule has 2 aromatic rings. The molecule has 5 rings (SSSR count). The van der Waals surface area contributed by atoms with Crippen LogP contribution in [0, 0.1) is 13.8 Å². The average Bonchev–Trinajstić information content (AvgIpc) is 3.28. The molecule has 0 unspecified atom stereocenters. The van der Waals surface area contributed by atoms with Crippen LogP contribution in [0.25, 0.3) is 0 Å². The van der Waals surface area contributed by atoms with Gasteiger partial charge in [-0.25, -0.2) is 5.01 Å². The van der Waals surface area contributed by atoms with E-state index in [0.717, 1.165) is 10.6 Å². The molecule has 0 aromatic heterocycles. The topological polar surface area (TPSA) is 155 Å². The Morgan fingerprint density at radius 3 is 2.48 bits per heavy atom. The molecule has 2 aromatic carbocycles. The number of amides is 4. The Balaban J connectivity index is 1.30. The second-order valence-electron chi connectivity index (χ2n) is 10.9. The predicted molar refractivity (Wildman–Crippen MR) is 147 cm³/mol. The maximum atomic E-state index is 13.8. The van der Waals surface area contributed by atoms with Crippen LogP contribution >= 0.6 is 0 Å². The number of hydrogen-bond donors (Lipinski definition) is 3. The highest BCUT2D eigenvalue weighted by molar-refractivity contribution is 6.00. The molecular formula is C30H34N4O8. The quantitative estimate of drug-likeness (QED) is 0.419. The van der Waals surface area contributed by atoms with Crippen LogP contribution in [0.15, 0.2) is 42.5 Å². The van der Waals surface area contributed by atoms with Crippen LogP contribution in [-0.2, 0) is 35.3 Å². The lowest BCUT2D eigenvalue weighted by atomic mass is 10.0. The summed E-state index contributed by atoms with van der Waals surface area (Å²) in [7, 11) is 0. The Morgan fingerprint density at radius 2 is 1.76 bits per heavy atom. The number of benzene rings is 2. The summed E-state index contributed by atoms with van der Waals surface area (Å²) in [5, 5.41) is 18.0. The van der Waals surface area contributed by atoms with E-state index in [1.807, 2.05) is 30.3 Å². The van der Waals surface area contributed by atoms with E-state index in [1.165, 1.54) is 17.1 Å². The molecule has 3 saturated heterocycles. The van der Waals surface area contributed by atoms with Crippen LogP contribution in [0.3, 0.4) is 0 Å². The van der Waals surface area contributed by atoms with E-state index in [2.05, 4.69) is 10.6 Å². The SMILES string of the molecule is Cc1cc(C(=O)N[C@H]2CCC(=O)N3CCC[C@@H](C(=O)N[C@H]4CC(=O)O[C@H]4OCc4ccccc4)N3C2=O)cc(C)c1O. The van der Waals surface area contributed by atoms with Crippen molar-refractivity contribution in [2.24, 2.45) is 0 Å². The lowest BCUT2D eigenvalue weighted by Crippen LogP contribution is -2.64. The van der Waals surface area contributed by atoms with E-state index in [-0.39, 0.29) is 56.1 Å². The molecule has 0 saturated carbocycles. The smallest absolute Gasteiger partial charge is 0.310 e. The summed E-state index contributed by atoms with van der Waals surface area (Å²) in [6, 6.07) is 9.50. The number of cyclic esters (lactones) is 1. The third-order valence-electron chi connectivity index (χ3n) is 7.77. The predicted octanol–water partition coefficient (Wildman–Crippen LogP) is 1.61. The number of aryl methyl sites for hydroxylation is 2. The fourth-order valence-corrected chi connectivity index (χ4v) is 5.57. The lowest BCUT2D eigenvalue weighted by molar-refractivity contribution is -0.177. The van der Waals surface area contributed by atoms with Gasteiger partial charge in [0, 0.05) is 18.5 Å². The van der Waals surface area contributed by atoms with Gasteiger partial charge in [-0.2, -0.15) is 0 Å². The zero-order valence-corrected chi connectivity index (χ0v) is 23.5. The molecule has 0 radical (unpaired) electrons. The molecule has 3 aliphatic rings. The van der Waals surface area contributed by atoms with Crippen LogP contribution in [0.5, 0.6) is 5.75 Å². The minimum atomic E-state index is -1.05. The summed E-state index contributed by atoms with van der Waals surface area (Å²) in [6.07, 6.45) is -0.248. The third kappa shape index (κ3) is 6.08. The van der Waals surface area contributed by atoms with E-state index in [9.17, 15) is 29.1 Å². The molecule has 4 amide bonds. The van der Waals surface area contributed by atoms with Crippen molar-refractivity contribution in [3.8, 4) is 5.75 Å². The van der Waals surface area contributed by atoms with Gasteiger partial charge in [0.15, 0.2) is 0 Å². The van der Waals surface area contributed by atoms with Gasteiger partial charge in [0.25, 0.3) is 11.8 Å². The molecule has 0 aliphatic carbocycles. The normalized spacial score (nSPS) is 24.1. The summed E-state index contributed by atoms with van der Waals surface area (Å²) in [5.41, 5.74) is 2.17. The zero-order chi connectivity index (χ0) is 30.0. The summed E-state index contributed by atoms with van der Waals surface area (Å²) in [6.45, 7) is 3.77. The highest BCUT2D eigenvalue weighted by Crippen LogP contribution is 2.27. The van der Waals surface area contributed by atoms with Crippen molar-refractivity contribution in [1.82, 2.24) is 20.7 Å². The largest absolute Gasteiger partial charge is 0.507 e. The Morgan fingerprint density at radius 1 is 1.05 bits per heavy atom. The summed E-state index contributed by atoms with van der Waals surface area (Å²) >= 11 is 0. The van der Waals surface area contributed by atoms with Gasteiger partial charge in [-0.15, -0.1) is 0 Å². The highest BCUT2D eigenvalue weighted by atomic mass is 16.7. The molecule has 4 atom stereocenters. The number of rotatable bonds is 7. The van der Waals surface area contributed by atoms with Gasteiger partial charge in [0.05, 0.1) is 13.0 Å². The number of esters is 1. The molecule has 222 valence electrons. The Hall–Kier alpha value is -4.45. The fraction of sp³-hybridized carbons (Fsp3) is 0.433. The number of ether oxygens (including phenoxy) is 2. The number of nitrogens with one attached hydrogen (secondary N) is 2. The molecule has 3 N–H and O–H groups in total. The minimum Gasteiger partial charge on any atom is -0.507 e. The van der Waals surface area contributed by atoms with Crippen LogP contribution in [0.2, 0.25) is 0 Å². The third-order valence-corrected chi connectivity index (χ3v) is 7.77. The molecule has 3 fully saturated rings. The summed E-state index contributed by atoms with van der Waals surface area (Å²) < 4.78 is 11.1. The molecule has 0 spiro atoms. The first-order valence-electron chi connectivity index (χ1n) is 14.0.